The van der Waals surface area contributed by atoms with Gasteiger partial charge in [0.05, 0.1) is 0 Å². The Balaban J connectivity index is 1.75. The van der Waals surface area contributed by atoms with Gasteiger partial charge in [0.1, 0.15) is 5.69 Å². The number of anilines is 2. The average molecular weight is 346 g/mol. The molecule has 0 bridgehead atoms. The Morgan fingerprint density at radius 3 is 2.35 bits per heavy atom. The first kappa shape index (κ1) is 17.6. The molecule has 1 amide bonds. The monoisotopic (exact) mass is 346 g/mol. The van der Waals surface area contributed by atoms with Crippen molar-refractivity contribution in [3.8, 4) is 0 Å². The van der Waals surface area contributed by atoms with Crippen molar-refractivity contribution in [3.63, 3.8) is 0 Å². The molecule has 5 heteroatoms. The van der Waals surface area contributed by atoms with Crippen molar-refractivity contribution in [1.29, 1.82) is 0 Å². The van der Waals surface area contributed by atoms with E-state index in [2.05, 4.69) is 20.6 Å². The summed E-state index contributed by atoms with van der Waals surface area (Å²) in [4.78, 5) is 21.3. The predicted molar refractivity (Wildman–Crippen MR) is 104 cm³/mol. The van der Waals surface area contributed by atoms with E-state index < -0.39 is 0 Å². The van der Waals surface area contributed by atoms with Crippen LogP contribution in [0.3, 0.4) is 0 Å². The highest BCUT2D eigenvalue weighted by Crippen LogP contribution is 2.18. The molecule has 132 valence electrons. The molecule has 5 nitrogen and oxygen atoms in total. The molecule has 0 saturated heterocycles. The van der Waals surface area contributed by atoms with Crippen molar-refractivity contribution in [2.45, 2.75) is 27.3 Å². The Morgan fingerprint density at radius 2 is 1.62 bits per heavy atom. The van der Waals surface area contributed by atoms with Gasteiger partial charge in [-0.3, -0.25) is 4.79 Å². The lowest BCUT2D eigenvalue weighted by Gasteiger charge is -2.11. The number of nitrogens with one attached hydrogen (secondary N) is 2. The van der Waals surface area contributed by atoms with Crippen LogP contribution < -0.4 is 10.6 Å². The lowest BCUT2D eigenvalue weighted by molar-refractivity contribution is 0.0945. The molecule has 2 N–H and O–H groups in total. The molecule has 3 rings (SSSR count). The van der Waals surface area contributed by atoms with E-state index in [1.54, 1.807) is 6.07 Å². The van der Waals surface area contributed by atoms with E-state index >= 15 is 0 Å². The molecule has 0 saturated carbocycles. The summed E-state index contributed by atoms with van der Waals surface area (Å²) in [6.07, 6.45) is 0. The standard InChI is InChI=1S/C21H22N4O/c1-14-8-4-6-10-17(14)13-22-20(26)19-12-16(3)23-21(25-19)24-18-11-7-5-9-15(18)2/h4-12H,13H2,1-3H3,(H,22,26)(H,23,24,25). The van der Waals surface area contributed by atoms with Crippen molar-refractivity contribution in [3.05, 3.63) is 82.7 Å². The summed E-state index contributed by atoms with van der Waals surface area (Å²) < 4.78 is 0. The number of carbonyl (C=O) groups is 1. The second-order valence-corrected chi connectivity index (χ2v) is 6.27. The van der Waals surface area contributed by atoms with Gasteiger partial charge in [0.15, 0.2) is 0 Å². The maximum absolute atomic E-state index is 12.5. The quantitative estimate of drug-likeness (QED) is 0.731. The highest BCUT2D eigenvalue weighted by molar-refractivity contribution is 5.92. The molecular formula is C21H22N4O. The molecule has 2 aromatic carbocycles. The second kappa shape index (κ2) is 7.78. The van der Waals surface area contributed by atoms with E-state index in [1.807, 2.05) is 69.3 Å². The fourth-order valence-electron chi connectivity index (χ4n) is 2.65. The second-order valence-electron chi connectivity index (χ2n) is 6.27. The number of amides is 1. The van der Waals surface area contributed by atoms with Crippen molar-refractivity contribution < 1.29 is 4.79 Å². The van der Waals surface area contributed by atoms with Crippen LogP contribution in [-0.4, -0.2) is 15.9 Å². The van der Waals surface area contributed by atoms with E-state index in [0.717, 1.165) is 28.1 Å². The lowest BCUT2D eigenvalue weighted by Crippen LogP contribution is -2.24. The van der Waals surface area contributed by atoms with Gasteiger partial charge in [-0.15, -0.1) is 0 Å². The van der Waals surface area contributed by atoms with E-state index in [0.29, 0.717) is 18.2 Å². The number of hydrogen-bond donors (Lipinski definition) is 2. The van der Waals surface area contributed by atoms with Gasteiger partial charge in [-0.05, 0) is 49.6 Å². The van der Waals surface area contributed by atoms with Gasteiger partial charge in [0.2, 0.25) is 5.95 Å². The number of para-hydroxylation sites is 1. The van der Waals surface area contributed by atoms with Gasteiger partial charge in [-0.1, -0.05) is 42.5 Å². The van der Waals surface area contributed by atoms with Gasteiger partial charge < -0.3 is 10.6 Å². The summed E-state index contributed by atoms with van der Waals surface area (Å²) in [5.41, 5.74) is 5.32. The molecule has 3 aromatic rings. The fourth-order valence-corrected chi connectivity index (χ4v) is 2.65. The van der Waals surface area contributed by atoms with Crippen LogP contribution in [0, 0.1) is 20.8 Å². The molecule has 0 spiro atoms. The molecular weight excluding hydrogens is 324 g/mol. The maximum Gasteiger partial charge on any atom is 0.270 e. The zero-order chi connectivity index (χ0) is 18.5. The molecule has 0 atom stereocenters. The van der Waals surface area contributed by atoms with Gasteiger partial charge in [0.25, 0.3) is 5.91 Å². The number of carbonyl (C=O) groups excluding carboxylic acids is 1. The molecule has 0 aliphatic heterocycles. The van der Waals surface area contributed by atoms with Crippen LogP contribution in [-0.2, 0) is 6.54 Å². The smallest absolute Gasteiger partial charge is 0.270 e. The normalized spacial score (nSPS) is 10.4. The SMILES string of the molecule is Cc1cc(C(=O)NCc2ccccc2C)nc(Nc2ccccc2C)n1. The van der Waals surface area contributed by atoms with Crippen LogP contribution in [0.2, 0.25) is 0 Å². The van der Waals surface area contributed by atoms with Crippen LogP contribution in [0.1, 0.15) is 32.9 Å². The van der Waals surface area contributed by atoms with E-state index in [4.69, 9.17) is 0 Å². The van der Waals surface area contributed by atoms with Crippen molar-refractivity contribution >= 4 is 17.5 Å². The minimum atomic E-state index is -0.216. The fraction of sp³-hybridized carbons (Fsp3) is 0.190. The first-order chi connectivity index (χ1) is 12.5. The summed E-state index contributed by atoms with van der Waals surface area (Å²) in [6.45, 7) is 6.35. The minimum absolute atomic E-state index is 0.216. The summed E-state index contributed by atoms with van der Waals surface area (Å²) in [5.74, 6) is 0.201. The number of rotatable bonds is 5. The summed E-state index contributed by atoms with van der Waals surface area (Å²) in [5, 5.41) is 6.12. The van der Waals surface area contributed by atoms with Gasteiger partial charge in [-0.25, -0.2) is 9.97 Å². The van der Waals surface area contributed by atoms with Crippen molar-refractivity contribution in [2.75, 3.05) is 5.32 Å². The third-order valence-electron chi connectivity index (χ3n) is 4.18. The largest absolute Gasteiger partial charge is 0.347 e. The van der Waals surface area contributed by atoms with Crippen molar-refractivity contribution in [2.24, 2.45) is 0 Å². The number of aryl methyl sites for hydroxylation is 3. The van der Waals surface area contributed by atoms with E-state index in [1.165, 1.54) is 0 Å². The van der Waals surface area contributed by atoms with Crippen LogP contribution in [0.4, 0.5) is 11.6 Å². The summed E-state index contributed by atoms with van der Waals surface area (Å²) in [7, 11) is 0. The highest BCUT2D eigenvalue weighted by Gasteiger charge is 2.11. The molecule has 1 aromatic heterocycles. The number of hydrogen-bond acceptors (Lipinski definition) is 4. The summed E-state index contributed by atoms with van der Waals surface area (Å²) >= 11 is 0. The maximum atomic E-state index is 12.5. The van der Waals surface area contributed by atoms with Crippen LogP contribution in [0.15, 0.2) is 54.6 Å². The minimum Gasteiger partial charge on any atom is -0.347 e. The van der Waals surface area contributed by atoms with E-state index in [9.17, 15) is 4.79 Å². The molecule has 1 heterocycles. The molecule has 0 aliphatic rings. The summed E-state index contributed by atoms with van der Waals surface area (Å²) in [6, 6.07) is 17.6. The Hall–Kier alpha value is -3.21. The lowest BCUT2D eigenvalue weighted by atomic mass is 10.1. The Labute approximate surface area is 153 Å². The molecule has 0 radical (unpaired) electrons. The van der Waals surface area contributed by atoms with Gasteiger partial charge in [0, 0.05) is 17.9 Å². The zero-order valence-electron chi connectivity index (χ0n) is 15.2. The molecule has 0 unspecified atom stereocenters. The van der Waals surface area contributed by atoms with Crippen LogP contribution in [0.5, 0.6) is 0 Å². The average Bonchev–Trinajstić information content (AvgIpc) is 2.62. The molecule has 0 aliphatic carbocycles. The topological polar surface area (TPSA) is 66.9 Å². The molecule has 0 fully saturated rings. The first-order valence-electron chi connectivity index (χ1n) is 8.54. The van der Waals surface area contributed by atoms with E-state index in [-0.39, 0.29) is 5.91 Å². The van der Waals surface area contributed by atoms with Crippen LogP contribution in [0.25, 0.3) is 0 Å². The number of benzene rings is 2. The highest BCUT2D eigenvalue weighted by atomic mass is 16.1. The van der Waals surface area contributed by atoms with Gasteiger partial charge >= 0.3 is 0 Å². The Kier molecular flexibility index (Phi) is 5.27. The predicted octanol–water partition coefficient (Wildman–Crippen LogP) is 4.08. The first-order valence-corrected chi connectivity index (χ1v) is 8.54. The number of nitrogens with zero attached hydrogens (tertiary/aromatic N) is 2. The molecule has 26 heavy (non-hydrogen) atoms. The zero-order valence-corrected chi connectivity index (χ0v) is 15.2. The Morgan fingerprint density at radius 1 is 0.923 bits per heavy atom. The van der Waals surface area contributed by atoms with Gasteiger partial charge in [-0.2, -0.15) is 0 Å². The van der Waals surface area contributed by atoms with Crippen LogP contribution >= 0.6 is 0 Å². The van der Waals surface area contributed by atoms with Crippen molar-refractivity contribution in [1.82, 2.24) is 15.3 Å². The third kappa shape index (κ3) is 4.25. The third-order valence-corrected chi connectivity index (χ3v) is 4.18. The number of aromatic nitrogens is 2. The Bertz CT molecular complexity index is 937.